The highest BCUT2D eigenvalue weighted by molar-refractivity contribution is 9.10. The summed E-state index contributed by atoms with van der Waals surface area (Å²) in [6, 6.07) is 14.7. The number of rotatable bonds is 7. The standard InChI is InChI=1S/C20H20BrN3O3S/c1-13(18(25)22-15-6-4-3-5-7-15)28-20-23-17-9-8-14(21)12-16(17)19(26)24(20)10-11-27-2/h3-9,12-13H,10-11H2,1-2H3,(H,22,25). The van der Waals surface area contributed by atoms with Gasteiger partial charge in [-0.15, -0.1) is 0 Å². The van der Waals surface area contributed by atoms with Gasteiger partial charge in [0.25, 0.3) is 5.56 Å². The molecule has 1 aromatic heterocycles. The first-order valence-corrected chi connectivity index (χ1v) is 10.4. The van der Waals surface area contributed by atoms with Crippen LogP contribution < -0.4 is 10.9 Å². The third-order valence-corrected chi connectivity index (χ3v) is 5.68. The smallest absolute Gasteiger partial charge is 0.262 e. The van der Waals surface area contributed by atoms with Gasteiger partial charge >= 0.3 is 0 Å². The molecule has 6 nitrogen and oxygen atoms in total. The van der Waals surface area contributed by atoms with E-state index in [0.29, 0.717) is 29.2 Å². The molecule has 3 aromatic rings. The van der Waals surface area contributed by atoms with Crippen LogP contribution in [0.5, 0.6) is 0 Å². The van der Waals surface area contributed by atoms with E-state index in [1.54, 1.807) is 30.7 Å². The number of thioether (sulfide) groups is 1. The molecule has 0 saturated carbocycles. The molecule has 0 fully saturated rings. The number of anilines is 1. The Balaban J connectivity index is 1.91. The molecule has 8 heteroatoms. The summed E-state index contributed by atoms with van der Waals surface area (Å²) in [6.07, 6.45) is 0. The SMILES string of the molecule is COCCn1c(SC(C)C(=O)Nc2ccccc2)nc2ccc(Br)cc2c1=O. The van der Waals surface area contributed by atoms with Crippen molar-refractivity contribution in [1.82, 2.24) is 9.55 Å². The molecule has 0 spiro atoms. The van der Waals surface area contributed by atoms with E-state index in [2.05, 4.69) is 26.2 Å². The van der Waals surface area contributed by atoms with E-state index in [1.165, 1.54) is 11.8 Å². The molecule has 1 unspecified atom stereocenters. The van der Waals surface area contributed by atoms with Crippen LogP contribution in [0.25, 0.3) is 10.9 Å². The summed E-state index contributed by atoms with van der Waals surface area (Å²) >= 11 is 4.65. The second kappa shape index (κ2) is 9.36. The van der Waals surface area contributed by atoms with Gasteiger partial charge in [-0.05, 0) is 37.3 Å². The highest BCUT2D eigenvalue weighted by Gasteiger charge is 2.19. The maximum atomic E-state index is 13.0. The number of amides is 1. The van der Waals surface area contributed by atoms with Crippen molar-refractivity contribution in [3.05, 3.63) is 63.4 Å². The Labute approximate surface area is 175 Å². The lowest BCUT2D eigenvalue weighted by Crippen LogP contribution is -2.28. The Bertz CT molecular complexity index is 1040. The highest BCUT2D eigenvalue weighted by atomic mass is 79.9. The monoisotopic (exact) mass is 461 g/mol. The Morgan fingerprint density at radius 2 is 2.04 bits per heavy atom. The largest absolute Gasteiger partial charge is 0.383 e. The number of carbonyl (C=O) groups excluding carboxylic acids is 1. The van der Waals surface area contributed by atoms with E-state index in [9.17, 15) is 9.59 Å². The van der Waals surface area contributed by atoms with E-state index in [1.807, 2.05) is 36.4 Å². The molecule has 1 atom stereocenters. The number of benzene rings is 2. The van der Waals surface area contributed by atoms with Crippen molar-refractivity contribution in [2.45, 2.75) is 23.9 Å². The Morgan fingerprint density at radius 1 is 1.29 bits per heavy atom. The van der Waals surface area contributed by atoms with E-state index in [4.69, 9.17) is 4.74 Å². The van der Waals surface area contributed by atoms with Crippen LogP contribution in [0.1, 0.15) is 6.92 Å². The molecule has 28 heavy (non-hydrogen) atoms. The van der Waals surface area contributed by atoms with Crippen LogP contribution in [0.2, 0.25) is 0 Å². The molecular formula is C20H20BrN3O3S. The fourth-order valence-corrected chi connectivity index (χ4v) is 3.92. The first-order chi connectivity index (χ1) is 13.5. The molecule has 0 aliphatic rings. The van der Waals surface area contributed by atoms with Gasteiger partial charge in [-0.2, -0.15) is 0 Å². The van der Waals surface area contributed by atoms with Gasteiger partial charge in [0.2, 0.25) is 5.91 Å². The van der Waals surface area contributed by atoms with E-state index < -0.39 is 5.25 Å². The number of hydrogen-bond acceptors (Lipinski definition) is 5. The minimum Gasteiger partial charge on any atom is -0.383 e. The number of aromatic nitrogens is 2. The topological polar surface area (TPSA) is 73.2 Å². The van der Waals surface area contributed by atoms with Gasteiger partial charge in [-0.25, -0.2) is 4.98 Å². The van der Waals surface area contributed by atoms with E-state index in [0.717, 1.165) is 10.2 Å². The maximum Gasteiger partial charge on any atom is 0.262 e. The van der Waals surface area contributed by atoms with Crippen LogP contribution in [-0.4, -0.2) is 34.4 Å². The van der Waals surface area contributed by atoms with Crippen molar-refractivity contribution in [2.75, 3.05) is 19.0 Å². The lowest BCUT2D eigenvalue weighted by Gasteiger charge is -2.16. The fraction of sp³-hybridized carbons (Fsp3) is 0.250. The summed E-state index contributed by atoms with van der Waals surface area (Å²) in [6.45, 7) is 2.53. The summed E-state index contributed by atoms with van der Waals surface area (Å²) < 4.78 is 7.52. The third-order valence-electron chi connectivity index (χ3n) is 4.09. The van der Waals surface area contributed by atoms with Gasteiger partial charge in [-0.1, -0.05) is 45.9 Å². The summed E-state index contributed by atoms with van der Waals surface area (Å²) in [5.41, 5.74) is 1.18. The Kier molecular flexibility index (Phi) is 6.88. The molecule has 146 valence electrons. The van der Waals surface area contributed by atoms with Crippen molar-refractivity contribution in [3.8, 4) is 0 Å². The van der Waals surface area contributed by atoms with E-state index in [-0.39, 0.29) is 11.5 Å². The molecule has 1 N–H and O–H groups in total. The molecule has 3 rings (SSSR count). The summed E-state index contributed by atoms with van der Waals surface area (Å²) in [4.78, 5) is 30.2. The van der Waals surface area contributed by atoms with Gasteiger partial charge in [-0.3, -0.25) is 14.2 Å². The average Bonchev–Trinajstić information content (AvgIpc) is 2.69. The van der Waals surface area contributed by atoms with E-state index >= 15 is 0 Å². The van der Waals surface area contributed by atoms with Gasteiger partial charge < -0.3 is 10.1 Å². The molecule has 0 bridgehead atoms. The molecule has 1 amide bonds. The van der Waals surface area contributed by atoms with Crippen LogP contribution in [0.4, 0.5) is 5.69 Å². The first kappa shape index (κ1) is 20.6. The average molecular weight is 462 g/mol. The minimum absolute atomic E-state index is 0.151. The van der Waals surface area contributed by atoms with Crippen molar-refractivity contribution in [2.24, 2.45) is 0 Å². The highest BCUT2D eigenvalue weighted by Crippen LogP contribution is 2.24. The van der Waals surface area contributed by atoms with Crippen LogP contribution in [-0.2, 0) is 16.1 Å². The van der Waals surface area contributed by atoms with Crippen molar-refractivity contribution in [1.29, 1.82) is 0 Å². The van der Waals surface area contributed by atoms with Crippen LogP contribution >= 0.6 is 27.7 Å². The quantitative estimate of drug-likeness (QED) is 0.426. The van der Waals surface area contributed by atoms with Crippen molar-refractivity contribution in [3.63, 3.8) is 0 Å². The number of fused-ring (bicyclic) bond motifs is 1. The van der Waals surface area contributed by atoms with Gasteiger partial charge in [0.1, 0.15) is 0 Å². The van der Waals surface area contributed by atoms with Crippen LogP contribution in [0.3, 0.4) is 0 Å². The molecular weight excluding hydrogens is 442 g/mol. The molecule has 1 heterocycles. The zero-order valence-electron chi connectivity index (χ0n) is 15.5. The third kappa shape index (κ3) is 4.81. The molecule has 0 radical (unpaired) electrons. The number of para-hydroxylation sites is 1. The number of hydrogen-bond donors (Lipinski definition) is 1. The van der Waals surface area contributed by atoms with Crippen molar-refractivity contribution >= 4 is 50.2 Å². The normalized spacial score (nSPS) is 12.1. The Hall–Kier alpha value is -2.16. The van der Waals surface area contributed by atoms with Gasteiger partial charge in [0.15, 0.2) is 5.16 Å². The van der Waals surface area contributed by atoms with Gasteiger partial charge in [0, 0.05) is 17.3 Å². The lowest BCUT2D eigenvalue weighted by atomic mass is 10.2. The lowest BCUT2D eigenvalue weighted by molar-refractivity contribution is -0.115. The van der Waals surface area contributed by atoms with Gasteiger partial charge in [0.05, 0.1) is 29.3 Å². The molecule has 2 aromatic carbocycles. The Morgan fingerprint density at radius 3 is 2.75 bits per heavy atom. The second-order valence-electron chi connectivity index (χ2n) is 6.12. The number of carbonyl (C=O) groups is 1. The number of nitrogens with zero attached hydrogens (tertiary/aromatic N) is 2. The summed E-state index contributed by atoms with van der Waals surface area (Å²) in [7, 11) is 1.58. The van der Waals surface area contributed by atoms with Crippen LogP contribution in [0.15, 0.2) is 63.0 Å². The number of ether oxygens (including phenoxy) is 1. The number of methoxy groups -OCH3 is 1. The molecule has 0 saturated heterocycles. The predicted molar refractivity (Wildman–Crippen MR) is 116 cm³/mol. The molecule has 0 aliphatic carbocycles. The fourth-order valence-electron chi connectivity index (χ4n) is 2.62. The number of halogens is 1. The predicted octanol–water partition coefficient (Wildman–Crippen LogP) is 3.92. The zero-order valence-corrected chi connectivity index (χ0v) is 17.9. The van der Waals surface area contributed by atoms with Crippen LogP contribution in [0, 0.1) is 0 Å². The number of nitrogens with one attached hydrogen (secondary N) is 1. The molecule has 0 aliphatic heterocycles. The van der Waals surface area contributed by atoms with Crippen molar-refractivity contribution < 1.29 is 9.53 Å². The maximum absolute atomic E-state index is 13.0. The second-order valence-corrected chi connectivity index (χ2v) is 8.34. The summed E-state index contributed by atoms with van der Waals surface area (Å²) in [5.74, 6) is -0.153. The summed E-state index contributed by atoms with van der Waals surface area (Å²) in [5, 5.41) is 3.46. The zero-order chi connectivity index (χ0) is 20.1. The minimum atomic E-state index is -0.436. The first-order valence-electron chi connectivity index (χ1n) is 8.71.